The van der Waals surface area contributed by atoms with Gasteiger partial charge in [-0.2, -0.15) is 0 Å². The number of rotatable bonds is 11. The molecular weight excluding hydrogens is 755 g/mol. The Bertz CT molecular complexity index is 2240. The first-order valence-corrected chi connectivity index (χ1v) is 18.9. The number of nitrogens with zero attached hydrogens (tertiary/aromatic N) is 1. The highest BCUT2D eigenvalue weighted by Gasteiger charge is 2.30. The number of halogens is 2. The molecule has 0 radical (unpaired) electrons. The van der Waals surface area contributed by atoms with Gasteiger partial charge in [-0.25, -0.2) is 9.78 Å². The van der Waals surface area contributed by atoms with Crippen LogP contribution in [0.25, 0.3) is 10.9 Å². The molecule has 3 N–H and O–H groups in total. The van der Waals surface area contributed by atoms with Crippen LogP contribution in [-0.2, 0) is 32.0 Å². The van der Waals surface area contributed by atoms with Gasteiger partial charge < -0.3 is 20.3 Å². The molecule has 56 heavy (non-hydrogen) atoms. The SMILES string of the molecule is CC(=O)OCC(=O)Cc1ccc(Cl)cc1.CCC(C)c1cccc2c(C(=O)O)c(O)c(Cc3ccc(Cl)cc3)nc12.CCC(C)c1cccc2c1NC(=O)C2=O. The third-order valence-electron chi connectivity index (χ3n) is 9.42. The number of aromatic hydroxyl groups is 1. The molecule has 2 heterocycles. The number of aromatic nitrogens is 1. The number of ketones is 2. The maximum absolute atomic E-state index is 11.8. The number of anilines is 1. The number of amides is 1. The number of hydrogen-bond acceptors (Lipinski definition) is 8. The molecule has 292 valence electrons. The van der Waals surface area contributed by atoms with E-state index in [1.807, 2.05) is 36.4 Å². The molecule has 0 saturated carbocycles. The Morgan fingerprint density at radius 1 is 0.804 bits per heavy atom. The van der Waals surface area contributed by atoms with Crippen molar-refractivity contribution in [2.75, 3.05) is 11.9 Å². The lowest BCUT2D eigenvalue weighted by molar-refractivity contribution is -0.145. The summed E-state index contributed by atoms with van der Waals surface area (Å²) in [5.41, 5.74) is 5.92. The van der Waals surface area contributed by atoms with Gasteiger partial charge in [0, 0.05) is 35.2 Å². The van der Waals surface area contributed by atoms with Crippen LogP contribution in [0.3, 0.4) is 0 Å². The van der Waals surface area contributed by atoms with Crippen LogP contribution in [0.2, 0.25) is 10.0 Å². The van der Waals surface area contributed by atoms with Crippen molar-refractivity contribution in [3.05, 3.63) is 134 Å². The first-order chi connectivity index (χ1) is 26.6. The Labute approximate surface area is 335 Å². The second-order valence-electron chi connectivity index (χ2n) is 13.4. The molecule has 5 aromatic rings. The maximum atomic E-state index is 11.8. The number of carboxylic acid groups (broad SMARTS) is 1. The van der Waals surface area contributed by atoms with Gasteiger partial charge in [0.1, 0.15) is 12.2 Å². The van der Waals surface area contributed by atoms with E-state index in [1.54, 1.807) is 48.5 Å². The quantitative estimate of drug-likeness (QED) is 0.0873. The fourth-order valence-electron chi connectivity index (χ4n) is 5.99. The number of esters is 1. The molecule has 0 fully saturated rings. The zero-order valence-electron chi connectivity index (χ0n) is 31.8. The fraction of sp³-hybridized carbons (Fsp3) is 0.273. The number of carboxylic acids is 1. The van der Waals surface area contributed by atoms with E-state index in [1.165, 1.54) is 6.92 Å². The van der Waals surface area contributed by atoms with E-state index >= 15 is 0 Å². The summed E-state index contributed by atoms with van der Waals surface area (Å²) < 4.78 is 4.59. The highest BCUT2D eigenvalue weighted by molar-refractivity contribution is 6.51. The van der Waals surface area contributed by atoms with Gasteiger partial charge in [0.15, 0.2) is 11.5 Å². The Morgan fingerprint density at radius 3 is 1.93 bits per heavy atom. The third-order valence-corrected chi connectivity index (χ3v) is 9.92. The Morgan fingerprint density at radius 2 is 1.36 bits per heavy atom. The standard InChI is InChI=1S/C21H20ClNO3.C12H13NO2.C11H11ClO3/c1-3-12(2)15-5-4-6-16-18(21(25)26)20(24)17(23-19(15)16)11-13-7-9-14(22)10-8-13;1-3-7(2)8-5-4-6-9-10(8)13-12(15)11(9)14;1-8(13)15-7-11(14)6-9-2-4-10(12)5-3-9/h4-10,12,24H,3,11H2,1-2H3,(H,25,26);4-7H,3H2,1-2H3,(H,13,14,15);2-5H,6-7H2,1H3. The fourth-order valence-corrected chi connectivity index (χ4v) is 6.24. The minimum Gasteiger partial charge on any atom is -0.505 e. The second-order valence-corrected chi connectivity index (χ2v) is 14.3. The number of carbonyl (C=O) groups excluding carboxylic acids is 4. The molecule has 1 aromatic heterocycles. The lowest BCUT2D eigenvalue weighted by Crippen LogP contribution is -2.13. The zero-order chi connectivity index (χ0) is 41.1. The van der Waals surface area contributed by atoms with Crippen molar-refractivity contribution >= 4 is 69.2 Å². The second kappa shape index (κ2) is 19.8. The zero-order valence-corrected chi connectivity index (χ0v) is 33.3. The summed E-state index contributed by atoms with van der Waals surface area (Å²) in [6.07, 6.45) is 2.48. The molecule has 1 amide bonds. The smallest absolute Gasteiger partial charge is 0.340 e. The van der Waals surface area contributed by atoms with Crippen LogP contribution in [-0.4, -0.2) is 51.2 Å². The Kier molecular flexibility index (Phi) is 15.3. The summed E-state index contributed by atoms with van der Waals surface area (Å²) in [4.78, 5) is 60.9. The highest BCUT2D eigenvalue weighted by Crippen LogP contribution is 2.35. The van der Waals surface area contributed by atoms with Crippen molar-refractivity contribution in [2.45, 2.75) is 72.1 Å². The van der Waals surface area contributed by atoms with Gasteiger partial charge in [-0.15, -0.1) is 0 Å². The number of nitrogens with one attached hydrogen (secondary N) is 1. The molecule has 6 rings (SSSR count). The molecule has 1 aliphatic rings. The largest absolute Gasteiger partial charge is 0.505 e. The minimum absolute atomic E-state index is 0.0934. The van der Waals surface area contributed by atoms with Crippen LogP contribution >= 0.6 is 23.2 Å². The Hall–Kier alpha value is -5.58. The van der Waals surface area contributed by atoms with Crippen molar-refractivity contribution in [3.63, 3.8) is 0 Å². The lowest BCUT2D eigenvalue weighted by Gasteiger charge is -2.16. The Balaban J connectivity index is 0.000000199. The molecule has 2 atom stereocenters. The predicted octanol–water partition coefficient (Wildman–Crippen LogP) is 9.75. The van der Waals surface area contributed by atoms with E-state index in [0.717, 1.165) is 35.1 Å². The van der Waals surface area contributed by atoms with Crippen LogP contribution in [0.15, 0.2) is 84.9 Å². The predicted molar refractivity (Wildman–Crippen MR) is 218 cm³/mol. The average molecular weight is 800 g/mol. The number of ether oxygens (including phenoxy) is 1. The molecular formula is C44H44Cl2N2O8. The number of Topliss-reactive ketones (excluding diaryl/α,β-unsaturated/α-hetero) is 2. The van der Waals surface area contributed by atoms with Crippen molar-refractivity contribution in [1.82, 2.24) is 4.98 Å². The molecule has 12 heteroatoms. The van der Waals surface area contributed by atoms with Crippen LogP contribution in [0.5, 0.6) is 5.75 Å². The van der Waals surface area contributed by atoms with Crippen molar-refractivity contribution in [1.29, 1.82) is 0 Å². The number of carbonyl (C=O) groups is 5. The van der Waals surface area contributed by atoms with E-state index in [2.05, 4.69) is 42.7 Å². The van der Waals surface area contributed by atoms with Gasteiger partial charge in [-0.05, 0) is 77.3 Å². The number of fused-ring (bicyclic) bond motifs is 2. The lowest BCUT2D eigenvalue weighted by atomic mass is 9.93. The topological polar surface area (TPSA) is 160 Å². The van der Waals surface area contributed by atoms with Crippen LogP contribution < -0.4 is 5.32 Å². The van der Waals surface area contributed by atoms with Crippen molar-refractivity contribution in [2.24, 2.45) is 0 Å². The number of hydrogen-bond donors (Lipinski definition) is 3. The van der Waals surface area contributed by atoms with Gasteiger partial charge in [0.25, 0.3) is 11.7 Å². The monoisotopic (exact) mass is 798 g/mol. The third kappa shape index (κ3) is 11.0. The van der Waals surface area contributed by atoms with Crippen molar-refractivity contribution in [3.8, 4) is 5.75 Å². The maximum Gasteiger partial charge on any atom is 0.340 e. The van der Waals surface area contributed by atoms with Crippen LogP contribution in [0, 0.1) is 0 Å². The molecule has 2 unspecified atom stereocenters. The minimum atomic E-state index is -1.16. The average Bonchev–Trinajstić information content (AvgIpc) is 3.48. The number of benzene rings is 4. The summed E-state index contributed by atoms with van der Waals surface area (Å²) in [7, 11) is 0. The summed E-state index contributed by atoms with van der Waals surface area (Å²) in [6, 6.07) is 25.2. The van der Waals surface area contributed by atoms with Crippen molar-refractivity contribution < 1.29 is 38.9 Å². The van der Waals surface area contributed by atoms with Gasteiger partial charge >= 0.3 is 11.9 Å². The molecule has 0 aliphatic carbocycles. The summed E-state index contributed by atoms with van der Waals surface area (Å²) >= 11 is 11.6. The van der Waals surface area contributed by atoms with Gasteiger partial charge in [-0.1, -0.05) is 105 Å². The number of aromatic carboxylic acids is 1. The first kappa shape index (κ1) is 43.2. The molecule has 10 nitrogen and oxygen atoms in total. The van der Waals surface area contributed by atoms with Crippen LogP contribution in [0.1, 0.15) is 108 Å². The molecule has 0 spiro atoms. The summed E-state index contributed by atoms with van der Waals surface area (Å²) in [6.45, 7) is 9.44. The van der Waals surface area contributed by atoms with E-state index in [4.69, 9.17) is 23.2 Å². The summed E-state index contributed by atoms with van der Waals surface area (Å²) in [5, 5.41) is 24.6. The van der Waals surface area contributed by atoms with E-state index in [0.29, 0.717) is 50.2 Å². The molecule has 0 saturated heterocycles. The van der Waals surface area contributed by atoms with E-state index in [9.17, 15) is 34.2 Å². The normalized spacial score (nSPS) is 12.6. The number of pyridine rings is 1. The van der Waals surface area contributed by atoms with E-state index in [-0.39, 0.29) is 36.0 Å². The number of para-hydroxylation sites is 2. The van der Waals surface area contributed by atoms with E-state index < -0.39 is 23.6 Å². The molecule has 0 bridgehead atoms. The first-order valence-electron chi connectivity index (χ1n) is 18.1. The van der Waals surface area contributed by atoms with Gasteiger partial charge in [0.2, 0.25) is 0 Å². The van der Waals surface area contributed by atoms with Gasteiger partial charge in [0.05, 0.1) is 22.5 Å². The highest BCUT2D eigenvalue weighted by atomic mass is 35.5. The van der Waals surface area contributed by atoms with Gasteiger partial charge in [-0.3, -0.25) is 19.2 Å². The summed E-state index contributed by atoms with van der Waals surface area (Å²) in [5.74, 6) is -2.36. The molecule has 4 aromatic carbocycles. The van der Waals surface area contributed by atoms with Crippen LogP contribution in [0.4, 0.5) is 5.69 Å². The molecule has 1 aliphatic heterocycles.